The number of ether oxygens (including phenoxy) is 2. The second kappa shape index (κ2) is 5.80. The third-order valence-corrected chi connectivity index (χ3v) is 2.36. The highest BCUT2D eigenvalue weighted by Gasteiger charge is 2.16. The molecule has 0 fully saturated rings. The molecule has 1 unspecified atom stereocenters. The number of esters is 1. The average Bonchev–Trinajstić information content (AvgIpc) is 2.22. The summed E-state index contributed by atoms with van der Waals surface area (Å²) in [4.78, 5) is 12.2. The molecule has 16 heavy (non-hydrogen) atoms. The highest BCUT2D eigenvalue weighted by Crippen LogP contribution is 2.22. The van der Waals surface area contributed by atoms with E-state index in [2.05, 4.69) is 12.6 Å². The normalized spacial score (nSPS) is 12.0. The number of carbonyl (C=O) groups excluding carboxylic acids is 1. The molecule has 1 atom stereocenters. The highest BCUT2D eigenvalue weighted by molar-refractivity contribution is 7.80. The number of aryl methyl sites for hydroxylation is 1. The Kier molecular flexibility index (Phi) is 4.68. The van der Waals surface area contributed by atoms with Gasteiger partial charge >= 0.3 is 5.97 Å². The van der Waals surface area contributed by atoms with Crippen molar-refractivity contribution in [3.8, 4) is 5.75 Å². The summed E-state index contributed by atoms with van der Waals surface area (Å²) in [6.07, 6.45) is -0.593. The van der Waals surface area contributed by atoms with Gasteiger partial charge in [0.15, 0.2) is 6.10 Å². The van der Waals surface area contributed by atoms with E-state index in [1.54, 1.807) is 19.9 Å². The predicted molar refractivity (Wildman–Crippen MR) is 65.2 cm³/mol. The molecule has 0 bridgehead atoms. The summed E-state index contributed by atoms with van der Waals surface area (Å²) < 4.78 is 10.4. The molecule has 0 amide bonds. The molecule has 0 spiro atoms. The van der Waals surface area contributed by atoms with E-state index >= 15 is 0 Å². The third kappa shape index (κ3) is 3.45. The summed E-state index contributed by atoms with van der Waals surface area (Å²) in [5, 5.41) is 0. The van der Waals surface area contributed by atoms with E-state index in [1.807, 2.05) is 19.1 Å². The van der Waals surface area contributed by atoms with Crippen molar-refractivity contribution < 1.29 is 14.3 Å². The first-order chi connectivity index (χ1) is 7.54. The molecule has 3 nitrogen and oxygen atoms in total. The largest absolute Gasteiger partial charge is 0.479 e. The van der Waals surface area contributed by atoms with Crippen LogP contribution in [0.5, 0.6) is 5.75 Å². The zero-order valence-electron chi connectivity index (χ0n) is 9.69. The van der Waals surface area contributed by atoms with Crippen LogP contribution in [0.2, 0.25) is 0 Å². The van der Waals surface area contributed by atoms with Gasteiger partial charge in [-0.15, -0.1) is 12.6 Å². The summed E-state index contributed by atoms with van der Waals surface area (Å²) in [6.45, 7) is 5.71. The lowest BCUT2D eigenvalue weighted by atomic mass is 10.2. The van der Waals surface area contributed by atoms with E-state index in [1.165, 1.54) is 0 Å². The van der Waals surface area contributed by atoms with Crippen LogP contribution < -0.4 is 4.74 Å². The molecule has 1 aromatic rings. The standard InChI is InChI=1S/C12H16O3S/c1-4-14-12(13)9(3)15-11-6-5-10(16)7-8(11)2/h5-7,9,16H,4H2,1-3H3. The first-order valence-corrected chi connectivity index (χ1v) is 5.62. The van der Waals surface area contributed by atoms with Gasteiger partial charge in [0.05, 0.1) is 6.61 Å². The van der Waals surface area contributed by atoms with Gasteiger partial charge in [0, 0.05) is 4.90 Å². The Bertz CT molecular complexity index is 377. The molecular weight excluding hydrogens is 224 g/mol. The molecule has 88 valence electrons. The maximum absolute atomic E-state index is 11.4. The fourth-order valence-electron chi connectivity index (χ4n) is 1.26. The van der Waals surface area contributed by atoms with Crippen LogP contribution in [-0.2, 0) is 9.53 Å². The molecule has 4 heteroatoms. The summed E-state index contributed by atoms with van der Waals surface area (Å²) >= 11 is 4.22. The third-order valence-electron chi connectivity index (χ3n) is 2.08. The van der Waals surface area contributed by atoms with E-state index < -0.39 is 6.10 Å². The Morgan fingerprint density at radius 3 is 2.75 bits per heavy atom. The fourth-order valence-corrected chi connectivity index (χ4v) is 1.53. The zero-order chi connectivity index (χ0) is 12.1. The molecule has 0 radical (unpaired) electrons. The maximum Gasteiger partial charge on any atom is 0.347 e. The Morgan fingerprint density at radius 2 is 2.19 bits per heavy atom. The van der Waals surface area contributed by atoms with Gasteiger partial charge in [-0.3, -0.25) is 0 Å². The molecule has 0 saturated carbocycles. The quantitative estimate of drug-likeness (QED) is 0.649. The van der Waals surface area contributed by atoms with Crippen LogP contribution in [0.15, 0.2) is 23.1 Å². The van der Waals surface area contributed by atoms with Crippen molar-refractivity contribution in [3.05, 3.63) is 23.8 Å². The molecule has 1 rings (SSSR count). The van der Waals surface area contributed by atoms with Crippen molar-refractivity contribution in [1.29, 1.82) is 0 Å². The van der Waals surface area contributed by atoms with Crippen molar-refractivity contribution in [2.24, 2.45) is 0 Å². The second-order valence-corrected chi connectivity index (χ2v) is 3.98. The summed E-state index contributed by atoms with van der Waals surface area (Å²) in [7, 11) is 0. The lowest BCUT2D eigenvalue weighted by Gasteiger charge is -2.15. The minimum atomic E-state index is -0.593. The number of hydrogen-bond acceptors (Lipinski definition) is 4. The van der Waals surface area contributed by atoms with Gasteiger partial charge in [-0.1, -0.05) is 0 Å². The second-order valence-electron chi connectivity index (χ2n) is 3.46. The minimum absolute atomic E-state index is 0.350. The lowest BCUT2D eigenvalue weighted by Crippen LogP contribution is -2.26. The number of carbonyl (C=O) groups is 1. The molecule has 0 aliphatic rings. The molecule has 0 saturated heterocycles. The van der Waals surface area contributed by atoms with E-state index in [4.69, 9.17) is 9.47 Å². The molecule has 0 aliphatic heterocycles. The monoisotopic (exact) mass is 240 g/mol. The van der Waals surface area contributed by atoms with E-state index in [0.29, 0.717) is 12.4 Å². The zero-order valence-corrected chi connectivity index (χ0v) is 10.6. The molecule has 0 aliphatic carbocycles. The SMILES string of the molecule is CCOC(=O)C(C)Oc1ccc(S)cc1C. The number of benzene rings is 1. The molecule has 0 aromatic heterocycles. The van der Waals surface area contributed by atoms with Gasteiger partial charge < -0.3 is 9.47 Å². The van der Waals surface area contributed by atoms with Crippen LogP contribution in [0.1, 0.15) is 19.4 Å². The maximum atomic E-state index is 11.4. The molecule has 1 aromatic carbocycles. The van der Waals surface area contributed by atoms with Crippen molar-refractivity contribution in [3.63, 3.8) is 0 Å². The summed E-state index contributed by atoms with van der Waals surface area (Å²) in [5.74, 6) is 0.329. The van der Waals surface area contributed by atoms with E-state index in [-0.39, 0.29) is 5.97 Å². The van der Waals surface area contributed by atoms with Crippen LogP contribution in [0, 0.1) is 6.92 Å². The predicted octanol–water partition coefficient (Wildman–Crippen LogP) is 2.61. The average molecular weight is 240 g/mol. The molecule has 0 N–H and O–H groups in total. The van der Waals surface area contributed by atoms with Gasteiger partial charge in [-0.25, -0.2) is 4.79 Å². The smallest absolute Gasteiger partial charge is 0.347 e. The van der Waals surface area contributed by atoms with E-state index in [9.17, 15) is 4.79 Å². The summed E-state index contributed by atoms with van der Waals surface area (Å²) in [6, 6.07) is 5.51. The Balaban J connectivity index is 2.69. The van der Waals surface area contributed by atoms with Crippen LogP contribution in [0.3, 0.4) is 0 Å². The lowest BCUT2D eigenvalue weighted by molar-refractivity contribution is -0.150. The fraction of sp³-hybridized carbons (Fsp3) is 0.417. The van der Waals surface area contributed by atoms with Crippen molar-refractivity contribution in [1.82, 2.24) is 0 Å². The van der Waals surface area contributed by atoms with Crippen molar-refractivity contribution in [2.45, 2.75) is 31.8 Å². The Morgan fingerprint density at radius 1 is 1.50 bits per heavy atom. The van der Waals surface area contributed by atoms with Crippen molar-refractivity contribution >= 4 is 18.6 Å². The highest BCUT2D eigenvalue weighted by atomic mass is 32.1. The first-order valence-electron chi connectivity index (χ1n) is 5.17. The van der Waals surface area contributed by atoms with Crippen LogP contribution in [-0.4, -0.2) is 18.7 Å². The van der Waals surface area contributed by atoms with Crippen LogP contribution in [0.25, 0.3) is 0 Å². The Hall–Kier alpha value is -1.16. The van der Waals surface area contributed by atoms with Crippen molar-refractivity contribution in [2.75, 3.05) is 6.61 Å². The van der Waals surface area contributed by atoms with E-state index in [0.717, 1.165) is 10.5 Å². The Labute approximate surface area is 101 Å². The van der Waals surface area contributed by atoms with Gasteiger partial charge in [-0.05, 0) is 44.5 Å². The van der Waals surface area contributed by atoms with Crippen LogP contribution >= 0.6 is 12.6 Å². The first kappa shape index (κ1) is 12.9. The van der Waals surface area contributed by atoms with Crippen LogP contribution in [0.4, 0.5) is 0 Å². The van der Waals surface area contributed by atoms with Gasteiger partial charge in [0.1, 0.15) is 5.75 Å². The van der Waals surface area contributed by atoms with Gasteiger partial charge in [-0.2, -0.15) is 0 Å². The number of rotatable bonds is 4. The van der Waals surface area contributed by atoms with Gasteiger partial charge in [0.2, 0.25) is 0 Å². The topological polar surface area (TPSA) is 35.5 Å². The molecule has 0 heterocycles. The summed E-state index contributed by atoms with van der Waals surface area (Å²) in [5.41, 5.74) is 0.948. The minimum Gasteiger partial charge on any atom is -0.479 e. The van der Waals surface area contributed by atoms with Gasteiger partial charge in [0.25, 0.3) is 0 Å². The molecular formula is C12H16O3S. The number of hydrogen-bond donors (Lipinski definition) is 1. The number of thiol groups is 1.